The average Bonchev–Trinajstić information content (AvgIpc) is 2.83. The van der Waals surface area contributed by atoms with Crippen molar-refractivity contribution in [2.24, 2.45) is 0 Å². The molecule has 0 fully saturated rings. The van der Waals surface area contributed by atoms with Crippen LogP contribution in [0.1, 0.15) is 27.2 Å². The second kappa shape index (κ2) is 4.87. The Balaban J connectivity index is 2.03. The van der Waals surface area contributed by atoms with Crippen LogP contribution in [-0.2, 0) is 11.3 Å². The van der Waals surface area contributed by atoms with Crippen molar-refractivity contribution in [3.05, 3.63) is 58.9 Å². The van der Waals surface area contributed by atoms with Crippen LogP contribution in [0.5, 0.6) is 0 Å². The molecule has 1 aromatic carbocycles. The van der Waals surface area contributed by atoms with E-state index in [1.54, 1.807) is 18.3 Å². The number of ether oxygens (including phenoxy) is 1. The summed E-state index contributed by atoms with van der Waals surface area (Å²) in [6, 6.07) is 9.59. The van der Waals surface area contributed by atoms with Gasteiger partial charge in [0, 0.05) is 6.20 Å². The van der Waals surface area contributed by atoms with E-state index >= 15 is 0 Å². The summed E-state index contributed by atoms with van der Waals surface area (Å²) in [4.78, 5) is 14.4. The highest BCUT2D eigenvalue weighted by Crippen LogP contribution is 2.12. The Kier molecular flexibility index (Phi) is 3.28. The van der Waals surface area contributed by atoms with Crippen molar-refractivity contribution >= 4 is 5.97 Å². The van der Waals surface area contributed by atoms with Gasteiger partial charge in [-0.2, -0.15) is 0 Å². The van der Waals surface area contributed by atoms with Crippen molar-refractivity contribution in [3.8, 4) is 0 Å². The molecule has 0 unspecified atom stereocenters. The van der Waals surface area contributed by atoms with E-state index in [4.69, 9.17) is 4.74 Å². The molecular weight excluding hydrogens is 214 g/mol. The van der Waals surface area contributed by atoms with Crippen molar-refractivity contribution in [1.82, 2.24) is 4.98 Å². The zero-order valence-corrected chi connectivity index (χ0v) is 9.99. The maximum absolute atomic E-state index is 11.6. The predicted octanol–water partition coefficient (Wildman–Crippen LogP) is 2.99. The van der Waals surface area contributed by atoms with Crippen molar-refractivity contribution < 1.29 is 9.53 Å². The second-order valence-corrected chi connectivity index (χ2v) is 4.09. The molecule has 0 aliphatic rings. The molecule has 0 amide bonds. The van der Waals surface area contributed by atoms with Gasteiger partial charge in [0.15, 0.2) is 0 Å². The van der Waals surface area contributed by atoms with E-state index < -0.39 is 0 Å². The maximum Gasteiger partial charge on any atom is 0.355 e. The van der Waals surface area contributed by atoms with E-state index in [0.29, 0.717) is 12.3 Å². The Morgan fingerprint density at radius 1 is 1.29 bits per heavy atom. The number of rotatable bonds is 3. The summed E-state index contributed by atoms with van der Waals surface area (Å²) in [6.07, 6.45) is 1.70. The summed E-state index contributed by atoms with van der Waals surface area (Å²) >= 11 is 0. The third-order valence-electron chi connectivity index (χ3n) is 2.68. The smallest absolute Gasteiger partial charge is 0.355 e. The van der Waals surface area contributed by atoms with Crippen molar-refractivity contribution in [2.75, 3.05) is 0 Å². The molecule has 17 heavy (non-hydrogen) atoms. The van der Waals surface area contributed by atoms with Crippen molar-refractivity contribution in [3.63, 3.8) is 0 Å². The fraction of sp³-hybridized carbons (Fsp3) is 0.214. The standard InChI is InChI=1S/C14H15NO2/c1-10-5-6-11(2)12(8-10)9-17-14(16)13-4-3-7-15-13/h3-8,15H,9H2,1-2H3. The number of hydrogen-bond acceptors (Lipinski definition) is 2. The topological polar surface area (TPSA) is 42.1 Å². The fourth-order valence-corrected chi connectivity index (χ4v) is 1.63. The molecule has 0 saturated heterocycles. The molecule has 1 N–H and O–H groups in total. The molecule has 2 aromatic rings. The SMILES string of the molecule is Cc1ccc(C)c(COC(=O)c2ccc[nH]2)c1. The van der Waals surface area contributed by atoms with Crippen LogP contribution in [0.4, 0.5) is 0 Å². The van der Waals surface area contributed by atoms with Gasteiger partial charge >= 0.3 is 5.97 Å². The third kappa shape index (κ3) is 2.75. The molecular formula is C14H15NO2. The van der Waals surface area contributed by atoms with Gasteiger partial charge < -0.3 is 9.72 Å². The van der Waals surface area contributed by atoms with Crippen LogP contribution in [0.25, 0.3) is 0 Å². The van der Waals surface area contributed by atoms with Crippen LogP contribution < -0.4 is 0 Å². The van der Waals surface area contributed by atoms with Gasteiger partial charge in [-0.05, 0) is 37.1 Å². The van der Waals surface area contributed by atoms with E-state index in [1.807, 2.05) is 32.0 Å². The lowest BCUT2D eigenvalue weighted by molar-refractivity contribution is 0.0466. The van der Waals surface area contributed by atoms with Crippen LogP contribution in [0, 0.1) is 13.8 Å². The highest BCUT2D eigenvalue weighted by Gasteiger charge is 2.08. The molecule has 0 aliphatic heterocycles. The first-order chi connectivity index (χ1) is 8.16. The minimum atomic E-state index is -0.323. The largest absolute Gasteiger partial charge is 0.456 e. The van der Waals surface area contributed by atoms with E-state index in [-0.39, 0.29) is 5.97 Å². The first-order valence-corrected chi connectivity index (χ1v) is 5.53. The first kappa shape index (κ1) is 11.5. The van der Waals surface area contributed by atoms with Crippen LogP contribution in [0.2, 0.25) is 0 Å². The van der Waals surface area contributed by atoms with E-state index in [2.05, 4.69) is 4.98 Å². The number of benzene rings is 1. The van der Waals surface area contributed by atoms with Gasteiger partial charge in [0.25, 0.3) is 0 Å². The van der Waals surface area contributed by atoms with Gasteiger partial charge in [-0.3, -0.25) is 0 Å². The summed E-state index contributed by atoms with van der Waals surface area (Å²) in [7, 11) is 0. The van der Waals surface area contributed by atoms with Gasteiger partial charge in [-0.15, -0.1) is 0 Å². The predicted molar refractivity (Wildman–Crippen MR) is 65.8 cm³/mol. The van der Waals surface area contributed by atoms with Crippen LogP contribution >= 0.6 is 0 Å². The monoisotopic (exact) mass is 229 g/mol. The molecule has 0 bridgehead atoms. The molecule has 0 aliphatic carbocycles. The zero-order valence-electron chi connectivity index (χ0n) is 9.99. The molecule has 2 rings (SSSR count). The minimum absolute atomic E-state index is 0.311. The number of nitrogens with one attached hydrogen (secondary N) is 1. The molecule has 0 atom stereocenters. The van der Waals surface area contributed by atoms with Gasteiger partial charge in [-0.1, -0.05) is 23.8 Å². The molecule has 3 heteroatoms. The zero-order chi connectivity index (χ0) is 12.3. The lowest BCUT2D eigenvalue weighted by Crippen LogP contribution is -2.06. The lowest BCUT2D eigenvalue weighted by atomic mass is 10.1. The Labute approximate surface area is 100 Å². The highest BCUT2D eigenvalue weighted by molar-refractivity contribution is 5.87. The second-order valence-electron chi connectivity index (χ2n) is 4.09. The Bertz CT molecular complexity index is 515. The molecule has 0 saturated carbocycles. The van der Waals surface area contributed by atoms with E-state index in [1.165, 1.54) is 5.56 Å². The normalized spacial score (nSPS) is 10.2. The minimum Gasteiger partial charge on any atom is -0.456 e. The van der Waals surface area contributed by atoms with Crippen molar-refractivity contribution in [2.45, 2.75) is 20.5 Å². The Hall–Kier alpha value is -2.03. The summed E-state index contributed by atoms with van der Waals surface area (Å²) in [5, 5.41) is 0. The number of carbonyl (C=O) groups is 1. The molecule has 0 spiro atoms. The molecule has 88 valence electrons. The molecule has 1 aromatic heterocycles. The average molecular weight is 229 g/mol. The number of carbonyl (C=O) groups excluding carboxylic acids is 1. The van der Waals surface area contributed by atoms with Gasteiger partial charge in [0.05, 0.1) is 0 Å². The molecule has 3 nitrogen and oxygen atoms in total. The van der Waals surface area contributed by atoms with Crippen LogP contribution in [-0.4, -0.2) is 11.0 Å². The third-order valence-corrected chi connectivity index (χ3v) is 2.68. The number of aromatic amines is 1. The number of aryl methyl sites for hydroxylation is 2. The number of aromatic nitrogens is 1. The number of esters is 1. The van der Waals surface area contributed by atoms with E-state index in [0.717, 1.165) is 11.1 Å². The summed E-state index contributed by atoms with van der Waals surface area (Å²) in [5.74, 6) is -0.323. The Morgan fingerprint density at radius 3 is 2.82 bits per heavy atom. The summed E-state index contributed by atoms with van der Waals surface area (Å²) < 4.78 is 5.24. The van der Waals surface area contributed by atoms with Crippen LogP contribution in [0.15, 0.2) is 36.5 Å². The first-order valence-electron chi connectivity index (χ1n) is 5.53. The highest BCUT2D eigenvalue weighted by atomic mass is 16.5. The number of H-pyrrole nitrogens is 1. The van der Waals surface area contributed by atoms with Gasteiger partial charge in [0.2, 0.25) is 0 Å². The van der Waals surface area contributed by atoms with Crippen LogP contribution in [0.3, 0.4) is 0 Å². The maximum atomic E-state index is 11.6. The quantitative estimate of drug-likeness (QED) is 0.822. The summed E-state index contributed by atoms with van der Waals surface area (Å²) in [5.41, 5.74) is 3.83. The number of hydrogen-bond donors (Lipinski definition) is 1. The molecule has 0 radical (unpaired) electrons. The fourth-order valence-electron chi connectivity index (χ4n) is 1.63. The summed E-state index contributed by atoms with van der Waals surface area (Å²) in [6.45, 7) is 4.35. The molecule has 1 heterocycles. The Morgan fingerprint density at radius 2 is 2.12 bits per heavy atom. The lowest BCUT2D eigenvalue weighted by Gasteiger charge is -2.07. The van der Waals surface area contributed by atoms with Crippen molar-refractivity contribution in [1.29, 1.82) is 0 Å². The van der Waals surface area contributed by atoms with E-state index in [9.17, 15) is 4.79 Å². The van der Waals surface area contributed by atoms with Gasteiger partial charge in [0.1, 0.15) is 12.3 Å². The van der Waals surface area contributed by atoms with Gasteiger partial charge in [-0.25, -0.2) is 4.79 Å².